The van der Waals surface area contributed by atoms with E-state index >= 15 is 0 Å². The number of para-hydroxylation sites is 1. The molecule has 4 heteroatoms. The van der Waals surface area contributed by atoms with Crippen LogP contribution in [0.25, 0.3) is 0 Å². The Balaban J connectivity index is 1.48. The molecule has 0 saturated heterocycles. The van der Waals surface area contributed by atoms with E-state index in [1.54, 1.807) is 0 Å². The maximum absolute atomic E-state index is 12.8. The second kappa shape index (κ2) is 6.42. The molecule has 2 saturated carbocycles. The standard InChI is InChI=1S/C23H24N2O2/c1-22(2)20(23(22)12-7-13-23)21(26)27-19(15-24)16-8-6-11-18(14-16)25-17-9-4-3-5-10-17/h3-6,8-11,14,19-20,25H,7,12-13H2,1-2H3. The van der Waals surface area contributed by atoms with Gasteiger partial charge in [-0.1, -0.05) is 50.6 Å². The molecule has 1 N–H and O–H groups in total. The van der Waals surface area contributed by atoms with Gasteiger partial charge < -0.3 is 10.1 Å². The largest absolute Gasteiger partial charge is 0.442 e. The number of anilines is 2. The maximum Gasteiger partial charge on any atom is 0.311 e. The third-order valence-electron chi connectivity index (χ3n) is 6.56. The van der Waals surface area contributed by atoms with Crippen LogP contribution in [0.2, 0.25) is 0 Å². The van der Waals surface area contributed by atoms with Crippen molar-refractivity contribution in [1.82, 2.24) is 0 Å². The molecule has 27 heavy (non-hydrogen) atoms. The highest BCUT2D eigenvalue weighted by molar-refractivity contribution is 5.80. The van der Waals surface area contributed by atoms with Crippen LogP contribution in [0.4, 0.5) is 11.4 Å². The molecule has 4 nitrogen and oxygen atoms in total. The Kier molecular flexibility index (Phi) is 4.19. The summed E-state index contributed by atoms with van der Waals surface area (Å²) >= 11 is 0. The number of hydrogen-bond donors (Lipinski definition) is 1. The number of ether oxygens (including phenoxy) is 1. The molecule has 2 unspecified atom stereocenters. The summed E-state index contributed by atoms with van der Waals surface area (Å²) < 4.78 is 5.65. The number of nitrogens with one attached hydrogen (secondary N) is 1. The highest BCUT2D eigenvalue weighted by atomic mass is 16.5. The molecule has 4 rings (SSSR count). The monoisotopic (exact) mass is 360 g/mol. The average Bonchev–Trinajstić information content (AvgIpc) is 3.18. The van der Waals surface area contributed by atoms with E-state index in [9.17, 15) is 10.1 Å². The van der Waals surface area contributed by atoms with Crippen molar-refractivity contribution >= 4 is 17.3 Å². The molecule has 2 aliphatic rings. The van der Waals surface area contributed by atoms with Crippen LogP contribution in [0.5, 0.6) is 0 Å². The summed E-state index contributed by atoms with van der Waals surface area (Å²) in [4.78, 5) is 12.8. The van der Waals surface area contributed by atoms with Crippen LogP contribution in [0.1, 0.15) is 44.8 Å². The SMILES string of the molecule is CC1(C)C(C(=O)OC(C#N)c2cccc(Nc3ccccc3)c2)C12CCC2. The minimum Gasteiger partial charge on any atom is -0.442 e. The first-order valence-corrected chi connectivity index (χ1v) is 9.50. The van der Waals surface area contributed by atoms with Crippen LogP contribution in [-0.2, 0) is 9.53 Å². The topological polar surface area (TPSA) is 62.1 Å². The number of esters is 1. The minimum atomic E-state index is -0.886. The van der Waals surface area contributed by atoms with E-state index < -0.39 is 6.10 Å². The van der Waals surface area contributed by atoms with Crippen molar-refractivity contribution in [3.8, 4) is 6.07 Å². The smallest absolute Gasteiger partial charge is 0.311 e. The maximum atomic E-state index is 12.8. The van der Waals surface area contributed by atoms with E-state index in [0.717, 1.165) is 24.2 Å². The van der Waals surface area contributed by atoms with Gasteiger partial charge in [-0.25, -0.2) is 0 Å². The van der Waals surface area contributed by atoms with Gasteiger partial charge in [0.25, 0.3) is 0 Å². The van der Waals surface area contributed by atoms with Crippen molar-refractivity contribution in [2.45, 2.75) is 39.2 Å². The Bertz CT molecular complexity index is 894. The molecule has 0 aliphatic heterocycles. The summed E-state index contributed by atoms with van der Waals surface area (Å²) in [5.41, 5.74) is 2.61. The Morgan fingerprint density at radius 3 is 2.44 bits per heavy atom. The molecule has 2 aromatic carbocycles. The molecule has 0 aromatic heterocycles. The fourth-order valence-electron chi connectivity index (χ4n) is 4.77. The number of hydrogen-bond acceptors (Lipinski definition) is 4. The van der Waals surface area contributed by atoms with Gasteiger partial charge >= 0.3 is 5.97 Å². The Hall–Kier alpha value is -2.80. The summed E-state index contributed by atoms with van der Waals surface area (Å²) in [6.07, 6.45) is 2.48. The van der Waals surface area contributed by atoms with Gasteiger partial charge in [0.15, 0.2) is 0 Å². The number of nitrogens with zero attached hydrogens (tertiary/aromatic N) is 1. The number of rotatable bonds is 5. The summed E-state index contributed by atoms with van der Waals surface area (Å²) in [6, 6.07) is 19.5. The molecule has 0 bridgehead atoms. The molecule has 0 radical (unpaired) electrons. The van der Waals surface area contributed by atoms with E-state index in [2.05, 4.69) is 25.2 Å². The van der Waals surface area contributed by atoms with Gasteiger partial charge in [-0.3, -0.25) is 4.79 Å². The first-order chi connectivity index (χ1) is 13.0. The van der Waals surface area contributed by atoms with Crippen molar-refractivity contribution < 1.29 is 9.53 Å². The van der Waals surface area contributed by atoms with Crippen LogP contribution in [-0.4, -0.2) is 5.97 Å². The van der Waals surface area contributed by atoms with Gasteiger partial charge in [0.2, 0.25) is 6.10 Å². The number of carbonyl (C=O) groups excluding carboxylic acids is 1. The highest BCUT2D eigenvalue weighted by Crippen LogP contribution is 2.78. The second-order valence-corrected chi connectivity index (χ2v) is 8.23. The first kappa shape index (κ1) is 17.6. The lowest BCUT2D eigenvalue weighted by Gasteiger charge is -2.29. The predicted octanol–water partition coefficient (Wildman–Crippen LogP) is 5.36. The average molecular weight is 360 g/mol. The van der Waals surface area contributed by atoms with Crippen LogP contribution in [0.15, 0.2) is 54.6 Å². The van der Waals surface area contributed by atoms with Crippen molar-refractivity contribution in [3.05, 3.63) is 60.2 Å². The summed E-state index contributed by atoms with van der Waals surface area (Å²) in [5.74, 6) is -0.312. The Morgan fingerprint density at radius 2 is 1.85 bits per heavy atom. The molecule has 2 fully saturated rings. The number of carbonyl (C=O) groups is 1. The van der Waals surface area contributed by atoms with Crippen molar-refractivity contribution in [2.24, 2.45) is 16.7 Å². The van der Waals surface area contributed by atoms with Crippen molar-refractivity contribution in [3.63, 3.8) is 0 Å². The van der Waals surface area contributed by atoms with E-state index in [1.165, 1.54) is 6.42 Å². The molecule has 2 aliphatic carbocycles. The second-order valence-electron chi connectivity index (χ2n) is 8.23. The zero-order valence-electron chi connectivity index (χ0n) is 15.7. The van der Waals surface area contributed by atoms with Crippen molar-refractivity contribution in [2.75, 3.05) is 5.32 Å². The molecule has 0 amide bonds. The van der Waals surface area contributed by atoms with Crippen LogP contribution in [0.3, 0.4) is 0 Å². The van der Waals surface area contributed by atoms with Gasteiger partial charge in [-0.2, -0.15) is 5.26 Å². The highest BCUT2D eigenvalue weighted by Gasteiger charge is 2.76. The van der Waals surface area contributed by atoms with E-state index in [0.29, 0.717) is 5.56 Å². The van der Waals surface area contributed by atoms with Crippen molar-refractivity contribution in [1.29, 1.82) is 5.26 Å². The fourth-order valence-corrected chi connectivity index (χ4v) is 4.77. The molecule has 138 valence electrons. The zero-order chi connectivity index (χ0) is 19.1. The normalized spacial score (nSPS) is 22.2. The summed E-state index contributed by atoms with van der Waals surface area (Å²) in [7, 11) is 0. The zero-order valence-corrected chi connectivity index (χ0v) is 15.7. The van der Waals surface area contributed by atoms with Crippen LogP contribution in [0, 0.1) is 28.1 Å². The molecule has 0 heterocycles. The molecule has 2 atom stereocenters. The van der Waals surface area contributed by atoms with Crippen LogP contribution >= 0.6 is 0 Å². The predicted molar refractivity (Wildman–Crippen MR) is 104 cm³/mol. The lowest BCUT2D eigenvalue weighted by atomic mass is 9.75. The lowest BCUT2D eigenvalue weighted by Crippen LogP contribution is -2.22. The third kappa shape index (κ3) is 2.88. The van der Waals surface area contributed by atoms with Gasteiger partial charge in [0.1, 0.15) is 6.07 Å². The molecule has 1 spiro atoms. The first-order valence-electron chi connectivity index (χ1n) is 9.50. The number of nitriles is 1. The Morgan fingerprint density at radius 1 is 1.15 bits per heavy atom. The lowest BCUT2D eigenvalue weighted by molar-refractivity contribution is -0.150. The quantitative estimate of drug-likeness (QED) is 0.729. The third-order valence-corrected chi connectivity index (χ3v) is 6.56. The molecule has 2 aromatic rings. The fraction of sp³-hybridized carbons (Fsp3) is 0.391. The van der Waals surface area contributed by atoms with E-state index in [4.69, 9.17) is 4.74 Å². The van der Waals surface area contributed by atoms with Crippen LogP contribution < -0.4 is 5.32 Å². The van der Waals surface area contributed by atoms with Gasteiger partial charge in [-0.05, 0) is 47.9 Å². The van der Waals surface area contributed by atoms with Gasteiger partial charge in [-0.15, -0.1) is 0 Å². The number of benzene rings is 2. The van der Waals surface area contributed by atoms with Gasteiger partial charge in [0.05, 0.1) is 5.92 Å². The van der Waals surface area contributed by atoms with E-state index in [1.807, 2.05) is 54.6 Å². The Labute approximate surface area is 160 Å². The summed E-state index contributed by atoms with van der Waals surface area (Å²) in [5, 5.41) is 12.9. The molecular formula is C23H24N2O2. The van der Waals surface area contributed by atoms with Gasteiger partial charge in [0, 0.05) is 16.9 Å². The minimum absolute atomic E-state index is 0.0148. The van der Waals surface area contributed by atoms with E-state index in [-0.39, 0.29) is 22.7 Å². The molecular weight excluding hydrogens is 336 g/mol. The summed E-state index contributed by atoms with van der Waals surface area (Å²) in [6.45, 7) is 4.29.